The van der Waals surface area contributed by atoms with Gasteiger partial charge in [0.1, 0.15) is 5.78 Å². The predicted molar refractivity (Wildman–Crippen MR) is 82.1 cm³/mol. The van der Waals surface area contributed by atoms with Crippen molar-refractivity contribution in [3.8, 4) is 0 Å². The maximum Gasteiger partial charge on any atom is 0.170 e. The molecule has 1 aliphatic rings. The van der Waals surface area contributed by atoms with Gasteiger partial charge in [-0.3, -0.25) is 14.3 Å². The summed E-state index contributed by atoms with van der Waals surface area (Å²) in [6.07, 6.45) is 5.44. The van der Waals surface area contributed by atoms with E-state index in [1.807, 2.05) is 24.4 Å². The van der Waals surface area contributed by atoms with Crippen LogP contribution in [0.4, 0.5) is 0 Å². The molecule has 0 unspecified atom stereocenters. The zero-order valence-corrected chi connectivity index (χ0v) is 13.0. The maximum atomic E-state index is 12.4. The number of carbonyl (C=O) groups is 2. The predicted octanol–water partition coefficient (Wildman–Crippen LogP) is 3.25. The van der Waals surface area contributed by atoms with Crippen LogP contribution >= 0.6 is 15.9 Å². The van der Waals surface area contributed by atoms with Gasteiger partial charge in [0.25, 0.3) is 0 Å². The second-order valence-corrected chi connectivity index (χ2v) is 6.26. The summed E-state index contributed by atoms with van der Waals surface area (Å²) >= 11 is 3.43. The zero-order chi connectivity index (χ0) is 14.8. The molecule has 3 rings (SSSR count). The molecule has 21 heavy (non-hydrogen) atoms. The second kappa shape index (κ2) is 5.93. The lowest BCUT2D eigenvalue weighted by Crippen LogP contribution is -2.13. The summed E-state index contributed by atoms with van der Waals surface area (Å²) in [6, 6.07) is 7.37. The molecule has 0 spiro atoms. The molecule has 0 aliphatic heterocycles. The molecule has 2 aromatic rings. The number of ketones is 2. The average Bonchev–Trinajstić information content (AvgIpc) is 3.18. The first-order chi connectivity index (χ1) is 10.1. The molecule has 4 nitrogen and oxygen atoms in total. The first kappa shape index (κ1) is 14.2. The van der Waals surface area contributed by atoms with E-state index in [4.69, 9.17) is 0 Å². The van der Waals surface area contributed by atoms with E-state index >= 15 is 0 Å². The third kappa shape index (κ3) is 3.47. The summed E-state index contributed by atoms with van der Waals surface area (Å²) in [5.41, 5.74) is 1.49. The Kier molecular flexibility index (Phi) is 4.01. The number of hydrogen-bond donors (Lipinski definition) is 0. The molecular formula is C16H15BrN2O2. The van der Waals surface area contributed by atoms with Crippen molar-refractivity contribution in [3.63, 3.8) is 0 Å². The van der Waals surface area contributed by atoms with Gasteiger partial charge in [-0.25, -0.2) is 0 Å². The van der Waals surface area contributed by atoms with Gasteiger partial charge in [-0.15, -0.1) is 0 Å². The number of rotatable bonds is 6. The molecule has 0 atom stereocenters. The van der Waals surface area contributed by atoms with E-state index in [2.05, 4.69) is 21.0 Å². The molecule has 0 amide bonds. The van der Waals surface area contributed by atoms with Gasteiger partial charge in [-0.2, -0.15) is 5.10 Å². The minimum atomic E-state index is -0.0958. The van der Waals surface area contributed by atoms with Crippen molar-refractivity contribution in [1.29, 1.82) is 0 Å². The molecule has 5 heteroatoms. The Balaban J connectivity index is 1.82. The number of nitrogens with zero attached hydrogens (tertiary/aromatic N) is 2. The molecule has 0 bridgehead atoms. The van der Waals surface area contributed by atoms with Crippen LogP contribution in [0.2, 0.25) is 0 Å². The summed E-state index contributed by atoms with van der Waals surface area (Å²) in [7, 11) is 0. The van der Waals surface area contributed by atoms with Crippen molar-refractivity contribution in [2.24, 2.45) is 5.92 Å². The number of aromatic nitrogens is 2. The lowest BCUT2D eigenvalue weighted by atomic mass is 9.99. The van der Waals surface area contributed by atoms with Gasteiger partial charge >= 0.3 is 0 Å². The maximum absolute atomic E-state index is 12.4. The zero-order valence-electron chi connectivity index (χ0n) is 11.5. The molecule has 1 saturated carbocycles. The number of halogens is 1. The molecule has 1 heterocycles. The van der Waals surface area contributed by atoms with Crippen molar-refractivity contribution in [2.45, 2.75) is 25.8 Å². The monoisotopic (exact) mass is 346 g/mol. The van der Waals surface area contributed by atoms with E-state index in [0.717, 1.165) is 22.9 Å². The van der Waals surface area contributed by atoms with Crippen LogP contribution in [-0.4, -0.2) is 21.3 Å². The van der Waals surface area contributed by atoms with E-state index < -0.39 is 0 Å². The topological polar surface area (TPSA) is 52.0 Å². The Morgan fingerprint density at radius 3 is 2.81 bits per heavy atom. The van der Waals surface area contributed by atoms with E-state index in [1.165, 1.54) is 0 Å². The smallest absolute Gasteiger partial charge is 0.170 e. The minimum absolute atomic E-state index is 0.0123. The highest BCUT2D eigenvalue weighted by molar-refractivity contribution is 9.10. The van der Waals surface area contributed by atoms with Gasteiger partial charge in [0, 0.05) is 28.3 Å². The van der Waals surface area contributed by atoms with Crippen LogP contribution in [0.15, 0.2) is 41.1 Å². The molecule has 1 aromatic carbocycles. The van der Waals surface area contributed by atoms with E-state index in [9.17, 15) is 9.59 Å². The minimum Gasteiger partial charge on any atom is -0.299 e. The highest BCUT2D eigenvalue weighted by Gasteiger charge is 2.31. The Hall–Kier alpha value is -1.75. The molecule has 1 fully saturated rings. The van der Waals surface area contributed by atoms with E-state index in [0.29, 0.717) is 12.1 Å². The lowest BCUT2D eigenvalue weighted by Gasteiger charge is -2.09. The Bertz CT molecular complexity index is 676. The van der Waals surface area contributed by atoms with Gasteiger partial charge in [0.2, 0.25) is 0 Å². The van der Waals surface area contributed by atoms with Gasteiger partial charge in [0.05, 0.1) is 13.0 Å². The largest absolute Gasteiger partial charge is 0.299 e. The fraction of sp³-hybridized carbons (Fsp3) is 0.312. The normalized spacial score (nSPS) is 14.1. The molecule has 0 radical (unpaired) electrons. The first-order valence-electron chi connectivity index (χ1n) is 6.95. The van der Waals surface area contributed by atoms with Crippen LogP contribution in [0.3, 0.4) is 0 Å². The van der Waals surface area contributed by atoms with Gasteiger partial charge < -0.3 is 0 Å². The number of hydrogen-bond acceptors (Lipinski definition) is 3. The fourth-order valence-corrected chi connectivity index (χ4v) is 2.75. The molecule has 108 valence electrons. The molecule has 0 saturated heterocycles. The van der Waals surface area contributed by atoms with Crippen molar-refractivity contribution in [1.82, 2.24) is 9.78 Å². The summed E-state index contributed by atoms with van der Waals surface area (Å²) in [5, 5.41) is 4.16. The summed E-state index contributed by atoms with van der Waals surface area (Å²) in [5.74, 6) is 0.105. The van der Waals surface area contributed by atoms with Crippen LogP contribution in [0.5, 0.6) is 0 Å². The van der Waals surface area contributed by atoms with E-state index in [1.54, 1.807) is 16.9 Å². The summed E-state index contributed by atoms with van der Waals surface area (Å²) in [6.45, 7) is 0.519. The fourth-order valence-electron chi connectivity index (χ4n) is 2.34. The number of Topliss-reactive ketones (excluding diaryl/α,β-unsaturated/α-hetero) is 2. The Labute approximate surface area is 131 Å². The number of benzene rings is 1. The highest BCUT2D eigenvalue weighted by atomic mass is 79.9. The lowest BCUT2D eigenvalue weighted by molar-refractivity contribution is -0.119. The van der Waals surface area contributed by atoms with Crippen LogP contribution in [0, 0.1) is 5.92 Å². The summed E-state index contributed by atoms with van der Waals surface area (Å²) in [4.78, 5) is 24.2. The SMILES string of the molecule is O=C(CC(=O)C1CC1)c1ccc(Br)cc1Cn1cccn1. The second-order valence-electron chi connectivity index (χ2n) is 5.35. The third-order valence-electron chi connectivity index (χ3n) is 3.63. The van der Waals surface area contributed by atoms with E-state index in [-0.39, 0.29) is 23.9 Å². The third-order valence-corrected chi connectivity index (χ3v) is 4.12. The average molecular weight is 347 g/mol. The van der Waals surface area contributed by atoms with Gasteiger partial charge in [-0.05, 0) is 42.7 Å². The van der Waals surface area contributed by atoms with Gasteiger partial charge in [-0.1, -0.05) is 15.9 Å². The standard InChI is InChI=1S/C16H15BrN2O2/c17-13-4-5-14(16(21)9-15(20)11-2-3-11)12(8-13)10-19-7-1-6-18-19/h1,4-8,11H,2-3,9-10H2. The molecule has 1 aliphatic carbocycles. The molecular weight excluding hydrogens is 332 g/mol. The molecule has 1 aromatic heterocycles. The van der Waals surface area contributed by atoms with Gasteiger partial charge in [0.15, 0.2) is 5.78 Å². The number of carbonyl (C=O) groups excluding carboxylic acids is 2. The van der Waals surface area contributed by atoms with Crippen LogP contribution < -0.4 is 0 Å². The van der Waals surface area contributed by atoms with Crippen molar-refractivity contribution in [2.75, 3.05) is 0 Å². The van der Waals surface area contributed by atoms with Crippen LogP contribution in [-0.2, 0) is 11.3 Å². The quantitative estimate of drug-likeness (QED) is 0.595. The Morgan fingerprint density at radius 1 is 1.33 bits per heavy atom. The highest BCUT2D eigenvalue weighted by Crippen LogP contribution is 2.31. The van der Waals surface area contributed by atoms with Crippen molar-refractivity contribution >= 4 is 27.5 Å². The van der Waals surface area contributed by atoms with Crippen LogP contribution in [0.25, 0.3) is 0 Å². The van der Waals surface area contributed by atoms with Crippen LogP contribution in [0.1, 0.15) is 35.2 Å². The van der Waals surface area contributed by atoms with Crippen molar-refractivity contribution in [3.05, 3.63) is 52.3 Å². The Morgan fingerprint density at radius 2 is 2.14 bits per heavy atom. The van der Waals surface area contributed by atoms with Crippen molar-refractivity contribution < 1.29 is 9.59 Å². The molecule has 0 N–H and O–H groups in total. The summed E-state index contributed by atoms with van der Waals surface area (Å²) < 4.78 is 2.68. The first-order valence-corrected chi connectivity index (χ1v) is 7.74.